The number of nitrogen functional groups attached to an aromatic ring is 1. The zero-order valence-electron chi connectivity index (χ0n) is 11.3. The van der Waals surface area contributed by atoms with Crippen LogP contribution in [0, 0.1) is 0 Å². The fourth-order valence-electron chi connectivity index (χ4n) is 2.17. The molecular formula is C13H19N3O3S. The molecule has 0 saturated carbocycles. The van der Waals surface area contributed by atoms with Gasteiger partial charge in [-0.25, -0.2) is 8.42 Å². The van der Waals surface area contributed by atoms with E-state index in [-0.39, 0.29) is 11.5 Å². The molecule has 4 N–H and O–H groups in total. The van der Waals surface area contributed by atoms with Gasteiger partial charge >= 0.3 is 0 Å². The number of nitrogens with zero attached hydrogens (tertiary/aromatic N) is 1. The Hall–Kier alpha value is -1.57. The van der Waals surface area contributed by atoms with E-state index < -0.39 is 10.0 Å². The van der Waals surface area contributed by atoms with Crippen molar-refractivity contribution in [1.82, 2.24) is 9.29 Å². The number of nitrogens with two attached hydrogens (primary N) is 1. The average Bonchev–Trinajstić information content (AvgIpc) is 2.82. The lowest BCUT2D eigenvalue weighted by Gasteiger charge is -2.19. The van der Waals surface area contributed by atoms with Crippen molar-refractivity contribution in [2.75, 3.05) is 25.4 Å². The topological polar surface area (TPSA) is 99.4 Å². The first-order valence-electron chi connectivity index (χ1n) is 6.48. The quantitative estimate of drug-likeness (QED) is 0.696. The number of aliphatic hydroxyl groups is 1. The lowest BCUT2D eigenvalue weighted by Crippen LogP contribution is -2.32. The summed E-state index contributed by atoms with van der Waals surface area (Å²) in [6, 6.07) is 5.09. The fourth-order valence-corrected chi connectivity index (χ4v) is 3.82. The molecule has 110 valence electrons. The van der Waals surface area contributed by atoms with Gasteiger partial charge < -0.3 is 15.8 Å². The Balaban J connectivity index is 2.45. The van der Waals surface area contributed by atoms with E-state index in [4.69, 9.17) is 10.8 Å². The SMILES string of the molecule is CCN(CCCO)S(=O)(=O)c1c[nH]c2cc(N)ccc12. The van der Waals surface area contributed by atoms with Crippen molar-refractivity contribution in [2.24, 2.45) is 0 Å². The molecule has 2 rings (SSSR count). The molecule has 6 nitrogen and oxygen atoms in total. The van der Waals surface area contributed by atoms with Crippen molar-refractivity contribution in [2.45, 2.75) is 18.2 Å². The molecule has 0 radical (unpaired) electrons. The molecule has 1 aromatic carbocycles. The summed E-state index contributed by atoms with van der Waals surface area (Å²) in [6.07, 6.45) is 1.91. The summed E-state index contributed by atoms with van der Waals surface area (Å²) < 4.78 is 26.6. The third-order valence-electron chi connectivity index (χ3n) is 3.20. The average molecular weight is 297 g/mol. The Bertz CT molecular complexity index is 694. The van der Waals surface area contributed by atoms with Crippen molar-refractivity contribution in [3.8, 4) is 0 Å². The third kappa shape index (κ3) is 2.65. The van der Waals surface area contributed by atoms with Crippen LogP contribution < -0.4 is 5.73 Å². The van der Waals surface area contributed by atoms with E-state index in [1.807, 2.05) is 0 Å². The van der Waals surface area contributed by atoms with Crippen molar-refractivity contribution >= 4 is 26.6 Å². The summed E-state index contributed by atoms with van der Waals surface area (Å²) >= 11 is 0. The summed E-state index contributed by atoms with van der Waals surface area (Å²) in [5.41, 5.74) is 6.96. The maximum Gasteiger partial charge on any atom is 0.245 e. The van der Waals surface area contributed by atoms with E-state index in [0.717, 1.165) is 0 Å². The molecule has 0 saturated heterocycles. The molecule has 0 fully saturated rings. The Morgan fingerprint density at radius 3 is 2.80 bits per heavy atom. The van der Waals surface area contributed by atoms with Crippen molar-refractivity contribution in [3.63, 3.8) is 0 Å². The van der Waals surface area contributed by atoms with Gasteiger partial charge in [0.1, 0.15) is 4.90 Å². The molecule has 1 heterocycles. The highest BCUT2D eigenvalue weighted by Gasteiger charge is 2.25. The highest BCUT2D eigenvalue weighted by atomic mass is 32.2. The van der Waals surface area contributed by atoms with Crippen LogP contribution in [-0.2, 0) is 10.0 Å². The molecule has 0 spiro atoms. The van der Waals surface area contributed by atoms with Crippen LogP contribution in [0.1, 0.15) is 13.3 Å². The van der Waals surface area contributed by atoms with Gasteiger partial charge in [-0.1, -0.05) is 6.92 Å². The van der Waals surface area contributed by atoms with Gasteiger partial charge in [0.2, 0.25) is 10.0 Å². The molecule has 2 aromatic rings. The van der Waals surface area contributed by atoms with E-state index in [0.29, 0.717) is 36.1 Å². The Morgan fingerprint density at radius 2 is 2.15 bits per heavy atom. The normalized spacial score (nSPS) is 12.3. The predicted molar refractivity (Wildman–Crippen MR) is 78.8 cm³/mol. The number of aromatic amines is 1. The number of hydrogen-bond donors (Lipinski definition) is 3. The highest BCUT2D eigenvalue weighted by molar-refractivity contribution is 7.89. The van der Waals surface area contributed by atoms with Gasteiger partial charge in [-0.15, -0.1) is 0 Å². The third-order valence-corrected chi connectivity index (χ3v) is 5.22. The first kappa shape index (κ1) is 14.8. The van der Waals surface area contributed by atoms with Crippen molar-refractivity contribution in [3.05, 3.63) is 24.4 Å². The van der Waals surface area contributed by atoms with E-state index in [2.05, 4.69) is 4.98 Å². The van der Waals surface area contributed by atoms with Gasteiger partial charge in [-0.05, 0) is 24.6 Å². The van der Waals surface area contributed by atoms with Gasteiger partial charge in [0, 0.05) is 42.5 Å². The molecule has 7 heteroatoms. The Labute approximate surface area is 118 Å². The van der Waals surface area contributed by atoms with E-state index in [1.54, 1.807) is 25.1 Å². The number of nitrogens with one attached hydrogen (secondary N) is 1. The van der Waals surface area contributed by atoms with Gasteiger partial charge in [-0.3, -0.25) is 0 Å². The van der Waals surface area contributed by atoms with E-state index >= 15 is 0 Å². The number of rotatable bonds is 6. The second-order valence-electron chi connectivity index (χ2n) is 4.53. The van der Waals surface area contributed by atoms with Crippen LogP contribution in [0.4, 0.5) is 5.69 Å². The molecular weight excluding hydrogens is 278 g/mol. The standard InChI is InChI=1S/C13H19N3O3S/c1-2-16(6-3-7-17)20(18,19)13-9-15-12-8-10(14)4-5-11(12)13/h4-5,8-9,15,17H,2-3,6-7,14H2,1H3. The molecule has 20 heavy (non-hydrogen) atoms. The summed E-state index contributed by atoms with van der Waals surface area (Å²) in [4.78, 5) is 3.18. The number of hydrogen-bond acceptors (Lipinski definition) is 4. The minimum atomic E-state index is -3.57. The minimum absolute atomic E-state index is 0.0313. The molecule has 0 bridgehead atoms. The number of anilines is 1. The van der Waals surface area contributed by atoms with Crippen LogP contribution in [0.2, 0.25) is 0 Å². The van der Waals surface area contributed by atoms with Crippen LogP contribution in [0.25, 0.3) is 10.9 Å². The van der Waals surface area contributed by atoms with Crippen LogP contribution in [-0.4, -0.2) is 42.5 Å². The molecule has 0 atom stereocenters. The van der Waals surface area contributed by atoms with Crippen LogP contribution in [0.5, 0.6) is 0 Å². The largest absolute Gasteiger partial charge is 0.399 e. The van der Waals surface area contributed by atoms with Crippen molar-refractivity contribution in [1.29, 1.82) is 0 Å². The van der Waals surface area contributed by atoms with Gasteiger partial charge in [-0.2, -0.15) is 4.31 Å². The number of benzene rings is 1. The number of sulfonamides is 1. The van der Waals surface area contributed by atoms with Crippen LogP contribution in [0.3, 0.4) is 0 Å². The zero-order valence-corrected chi connectivity index (χ0v) is 12.2. The van der Waals surface area contributed by atoms with E-state index in [1.165, 1.54) is 10.5 Å². The number of fused-ring (bicyclic) bond motifs is 1. The summed E-state index contributed by atoms with van der Waals surface area (Å²) in [5.74, 6) is 0. The number of aromatic nitrogens is 1. The molecule has 0 aliphatic rings. The smallest absolute Gasteiger partial charge is 0.245 e. The Kier molecular flexibility index (Phi) is 4.32. The molecule has 0 aliphatic heterocycles. The lowest BCUT2D eigenvalue weighted by molar-refractivity contribution is 0.271. The van der Waals surface area contributed by atoms with E-state index in [9.17, 15) is 8.42 Å². The lowest BCUT2D eigenvalue weighted by atomic mass is 10.2. The zero-order chi connectivity index (χ0) is 14.8. The molecule has 0 aliphatic carbocycles. The fraction of sp³-hybridized carbons (Fsp3) is 0.385. The first-order chi connectivity index (χ1) is 9.50. The number of H-pyrrole nitrogens is 1. The van der Waals surface area contributed by atoms with Crippen LogP contribution >= 0.6 is 0 Å². The first-order valence-corrected chi connectivity index (χ1v) is 7.92. The molecule has 0 amide bonds. The molecule has 1 aromatic heterocycles. The second-order valence-corrected chi connectivity index (χ2v) is 6.44. The maximum absolute atomic E-state index is 12.6. The van der Waals surface area contributed by atoms with Crippen LogP contribution in [0.15, 0.2) is 29.3 Å². The van der Waals surface area contributed by atoms with Gasteiger partial charge in [0.15, 0.2) is 0 Å². The second kappa shape index (κ2) is 5.82. The Morgan fingerprint density at radius 1 is 1.40 bits per heavy atom. The van der Waals surface area contributed by atoms with Gasteiger partial charge in [0.25, 0.3) is 0 Å². The molecule has 0 unspecified atom stereocenters. The van der Waals surface area contributed by atoms with Gasteiger partial charge in [0.05, 0.1) is 0 Å². The summed E-state index contributed by atoms with van der Waals surface area (Å²) in [7, 11) is -3.57. The minimum Gasteiger partial charge on any atom is -0.399 e. The summed E-state index contributed by atoms with van der Waals surface area (Å²) in [6.45, 7) is 2.42. The highest BCUT2D eigenvalue weighted by Crippen LogP contribution is 2.27. The number of aliphatic hydroxyl groups excluding tert-OH is 1. The van der Waals surface area contributed by atoms with Crippen molar-refractivity contribution < 1.29 is 13.5 Å². The maximum atomic E-state index is 12.6. The monoisotopic (exact) mass is 297 g/mol. The summed E-state index contributed by atoms with van der Waals surface area (Å²) in [5, 5.41) is 9.49. The predicted octanol–water partition coefficient (Wildman–Crippen LogP) is 1.14.